The summed E-state index contributed by atoms with van der Waals surface area (Å²) in [6, 6.07) is 11.6. The lowest BCUT2D eigenvalue weighted by atomic mass is 10.1. The molecule has 1 N–H and O–H groups in total. The van der Waals surface area contributed by atoms with Crippen LogP contribution in [0.25, 0.3) is 22.6 Å². The number of fused-ring (bicyclic) bond motifs is 1. The van der Waals surface area contributed by atoms with Crippen LogP contribution in [0.3, 0.4) is 0 Å². The van der Waals surface area contributed by atoms with Crippen LogP contribution in [0.1, 0.15) is 0 Å². The Labute approximate surface area is 129 Å². The first-order chi connectivity index (χ1) is 10.3. The van der Waals surface area contributed by atoms with Crippen LogP contribution in [0.5, 0.6) is 11.5 Å². The van der Waals surface area contributed by atoms with E-state index < -0.39 is 0 Å². The largest absolute Gasteiger partial charge is 0.454 e. The lowest BCUT2D eigenvalue weighted by molar-refractivity contribution is 0.174. The Morgan fingerprint density at radius 1 is 1.00 bits per heavy atom. The van der Waals surface area contributed by atoms with Crippen molar-refractivity contribution in [2.75, 3.05) is 6.79 Å². The third-order valence-electron chi connectivity index (χ3n) is 3.25. The first kappa shape index (κ1) is 12.4. The van der Waals surface area contributed by atoms with Gasteiger partial charge in [-0.05, 0) is 52.3 Å². The molecule has 0 unspecified atom stereocenters. The Kier molecular flexibility index (Phi) is 2.89. The van der Waals surface area contributed by atoms with E-state index in [9.17, 15) is 0 Å². The van der Waals surface area contributed by atoms with Crippen molar-refractivity contribution in [3.8, 4) is 34.1 Å². The highest BCUT2D eigenvalue weighted by molar-refractivity contribution is 9.10. The van der Waals surface area contributed by atoms with Crippen LogP contribution >= 0.6 is 15.9 Å². The Hall–Kier alpha value is -2.34. The van der Waals surface area contributed by atoms with Gasteiger partial charge < -0.3 is 9.47 Å². The third kappa shape index (κ3) is 2.27. The minimum atomic E-state index is 0.271. The van der Waals surface area contributed by atoms with Crippen molar-refractivity contribution in [1.29, 1.82) is 0 Å². The SMILES string of the molecule is Brc1ccc(-c2cc(-c3ccc4c(c3)OCO4)n[nH]2)nc1. The molecule has 1 aliphatic rings. The fourth-order valence-electron chi connectivity index (χ4n) is 2.19. The molecule has 5 nitrogen and oxygen atoms in total. The fraction of sp³-hybridized carbons (Fsp3) is 0.0667. The van der Waals surface area contributed by atoms with E-state index in [-0.39, 0.29) is 6.79 Å². The molecule has 21 heavy (non-hydrogen) atoms. The maximum absolute atomic E-state index is 5.39. The van der Waals surface area contributed by atoms with Gasteiger partial charge in [-0.25, -0.2) is 0 Å². The van der Waals surface area contributed by atoms with E-state index in [0.717, 1.165) is 38.6 Å². The molecule has 0 aliphatic carbocycles. The molecule has 0 radical (unpaired) electrons. The number of hydrogen-bond acceptors (Lipinski definition) is 4. The summed E-state index contributed by atoms with van der Waals surface area (Å²) in [6.45, 7) is 0.271. The predicted molar refractivity (Wildman–Crippen MR) is 81.1 cm³/mol. The summed E-state index contributed by atoms with van der Waals surface area (Å²) < 4.78 is 11.6. The molecule has 0 spiro atoms. The van der Waals surface area contributed by atoms with Crippen molar-refractivity contribution in [3.05, 3.63) is 47.1 Å². The first-order valence-corrected chi connectivity index (χ1v) is 7.16. The minimum absolute atomic E-state index is 0.271. The van der Waals surface area contributed by atoms with Crippen LogP contribution in [0.4, 0.5) is 0 Å². The van der Waals surface area contributed by atoms with Gasteiger partial charge in [-0.15, -0.1) is 0 Å². The van der Waals surface area contributed by atoms with Crippen molar-refractivity contribution < 1.29 is 9.47 Å². The number of nitrogens with zero attached hydrogens (tertiary/aromatic N) is 2. The summed E-state index contributed by atoms with van der Waals surface area (Å²) in [4.78, 5) is 4.35. The van der Waals surface area contributed by atoms with Gasteiger partial charge in [-0.3, -0.25) is 10.1 Å². The van der Waals surface area contributed by atoms with Gasteiger partial charge in [-0.2, -0.15) is 5.10 Å². The zero-order valence-electron chi connectivity index (χ0n) is 10.8. The van der Waals surface area contributed by atoms with Gasteiger partial charge in [0.05, 0.1) is 17.1 Å². The number of pyridine rings is 1. The quantitative estimate of drug-likeness (QED) is 0.771. The molecule has 3 aromatic rings. The van der Waals surface area contributed by atoms with Crippen molar-refractivity contribution in [2.24, 2.45) is 0 Å². The van der Waals surface area contributed by atoms with E-state index >= 15 is 0 Å². The molecule has 0 bridgehead atoms. The average molecular weight is 344 g/mol. The topological polar surface area (TPSA) is 60.0 Å². The number of hydrogen-bond donors (Lipinski definition) is 1. The third-order valence-corrected chi connectivity index (χ3v) is 3.72. The van der Waals surface area contributed by atoms with Crippen LogP contribution < -0.4 is 9.47 Å². The Morgan fingerprint density at radius 2 is 1.90 bits per heavy atom. The number of ether oxygens (including phenoxy) is 2. The molecule has 0 fully saturated rings. The van der Waals surface area contributed by atoms with Crippen LogP contribution in [-0.2, 0) is 0 Å². The van der Waals surface area contributed by atoms with Gasteiger partial charge in [-0.1, -0.05) is 0 Å². The van der Waals surface area contributed by atoms with Crippen LogP contribution in [0, 0.1) is 0 Å². The highest BCUT2D eigenvalue weighted by Gasteiger charge is 2.15. The summed E-state index contributed by atoms with van der Waals surface area (Å²) >= 11 is 3.37. The van der Waals surface area contributed by atoms with Crippen molar-refractivity contribution in [2.45, 2.75) is 0 Å². The maximum Gasteiger partial charge on any atom is 0.231 e. The Balaban J connectivity index is 1.69. The van der Waals surface area contributed by atoms with Crippen molar-refractivity contribution in [3.63, 3.8) is 0 Å². The highest BCUT2D eigenvalue weighted by Crippen LogP contribution is 2.35. The Bertz CT molecular complexity index is 799. The molecular weight excluding hydrogens is 334 g/mol. The molecule has 2 aromatic heterocycles. The van der Waals surface area contributed by atoms with Crippen LogP contribution in [-0.4, -0.2) is 22.0 Å². The summed E-state index contributed by atoms with van der Waals surface area (Å²) in [5, 5.41) is 7.35. The molecule has 0 amide bonds. The zero-order valence-corrected chi connectivity index (χ0v) is 12.4. The smallest absolute Gasteiger partial charge is 0.231 e. The first-order valence-electron chi connectivity index (χ1n) is 6.37. The van der Waals surface area contributed by atoms with Gasteiger partial charge in [0.2, 0.25) is 6.79 Å². The average Bonchev–Trinajstić information content (AvgIpc) is 3.16. The van der Waals surface area contributed by atoms with Crippen LogP contribution in [0.2, 0.25) is 0 Å². The number of nitrogens with one attached hydrogen (secondary N) is 1. The van der Waals surface area contributed by atoms with E-state index in [0.29, 0.717) is 0 Å². The molecule has 0 saturated carbocycles. The number of aromatic nitrogens is 3. The maximum atomic E-state index is 5.39. The van der Waals surface area contributed by atoms with E-state index in [1.54, 1.807) is 6.20 Å². The van der Waals surface area contributed by atoms with Gasteiger partial charge in [0.15, 0.2) is 11.5 Å². The van der Waals surface area contributed by atoms with E-state index in [1.165, 1.54) is 0 Å². The summed E-state index contributed by atoms with van der Waals surface area (Å²) in [6.07, 6.45) is 1.76. The normalized spacial score (nSPS) is 12.6. The standard InChI is InChI=1S/C15H10BrN3O2/c16-10-2-3-11(17-7-10)13-6-12(18-19-13)9-1-4-14-15(5-9)21-8-20-14/h1-7H,8H2,(H,18,19). The van der Waals surface area contributed by atoms with Crippen molar-refractivity contribution >= 4 is 15.9 Å². The molecule has 0 atom stereocenters. The summed E-state index contributed by atoms with van der Waals surface area (Å²) in [5.74, 6) is 1.52. The molecule has 3 heterocycles. The fourth-order valence-corrected chi connectivity index (χ4v) is 2.43. The number of benzene rings is 1. The number of rotatable bonds is 2. The highest BCUT2D eigenvalue weighted by atomic mass is 79.9. The zero-order chi connectivity index (χ0) is 14.2. The minimum Gasteiger partial charge on any atom is -0.454 e. The van der Waals surface area contributed by atoms with Gasteiger partial charge in [0.25, 0.3) is 0 Å². The number of aromatic amines is 1. The second-order valence-electron chi connectivity index (χ2n) is 4.60. The molecule has 4 rings (SSSR count). The monoisotopic (exact) mass is 343 g/mol. The number of halogens is 1. The molecule has 6 heteroatoms. The molecule has 1 aliphatic heterocycles. The second kappa shape index (κ2) is 4.89. The lowest BCUT2D eigenvalue weighted by Crippen LogP contribution is -1.92. The predicted octanol–water partition coefficient (Wildman–Crippen LogP) is 3.63. The lowest BCUT2D eigenvalue weighted by Gasteiger charge is -1.99. The van der Waals surface area contributed by atoms with Gasteiger partial charge >= 0.3 is 0 Å². The van der Waals surface area contributed by atoms with Gasteiger partial charge in [0.1, 0.15) is 0 Å². The van der Waals surface area contributed by atoms with E-state index in [2.05, 4.69) is 31.1 Å². The molecule has 0 saturated heterocycles. The van der Waals surface area contributed by atoms with Gasteiger partial charge in [0, 0.05) is 16.2 Å². The van der Waals surface area contributed by atoms with E-state index in [1.807, 2.05) is 36.4 Å². The summed E-state index contributed by atoms with van der Waals surface area (Å²) in [7, 11) is 0. The number of H-pyrrole nitrogens is 1. The molecule has 1 aromatic carbocycles. The Morgan fingerprint density at radius 3 is 2.76 bits per heavy atom. The molecule has 104 valence electrons. The van der Waals surface area contributed by atoms with E-state index in [4.69, 9.17) is 9.47 Å². The van der Waals surface area contributed by atoms with Crippen molar-refractivity contribution in [1.82, 2.24) is 15.2 Å². The summed E-state index contributed by atoms with van der Waals surface area (Å²) in [5.41, 5.74) is 3.53. The van der Waals surface area contributed by atoms with Crippen LogP contribution in [0.15, 0.2) is 47.1 Å². The molecular formula is C15H10BrN3O2. The second-order valence-corrected chi connectivity index (χ2v) is 5.51.